The second kappa shape index (κ2) is 5.35. The van der Waals surface area contributed by atoms with Crippen LogP contribution in [0.1, 0.15) is 25.1 Å². The van der Waals surface area contributed by atoms with Gasteiger partial charge in [-0.25, -0.2) is 0 Å². The predicted molar refractivity (Wildman–Crippen MR) is 54.7 cm³/mol. The zero-order valence-corrected chi connectivity index (χ0v) is 8.04. The molecule has 0 saturated heterocycles. The van der Waals surface area contributed by atoms with Crippen LogP contribution < -0.4 is 0 Å². The van der Waals surface area contributed by atoms with Crippen LogP contribution in [0, 0.1) is 0 Å². The third-order valence-electron chi connectivity index (χ3n) is 1.43. The largest absolute Gasteiger partial charge is 0.268 e. The van der Waals surface area contributed by atoms with Gasteiger partial charge in [0.05, 0.1) is 11.9 Å². The van der Waals surface area contributed by atoms with Crippen LogP contribution in [0.2, 0.25) is 0 Å². The number of nitrogens with zero attached hydrogens (tertiary/aromatic N) is 2. The lowest BCUT2D eigenvalue weighted by Gasteiger charge is -1.93. The van der Waals surface area contributed by atoms with Crippen molar-refractivity contribution in [2.75, 3.05) is 0 Å². The molecule has 2 heteroatoms. The van der Waals surface area contributed by atoms with E-state index in [9.17, 15) is 0 Å². The summed E-state index contributed by atoms with van der Waals surface area (Å²) in [4.78, 5) is 0. The average molecular weight is 164 g/mol. The minimum Gasteiger partial charge on any atom is -0.268 e. The van der Waals surface area contributed by atoms with Gasteiger partial charge in [0, 0.05) is 12.6 Å². The molecule has 1 rings (SSSR count). The molecule has 0 radical (unpaired) electrons. The van der Waals surface area contributed by atoms with Gasteiger partial charge in [0.1, 0.15) is 0 Å². The first kappa shape index (κ1) is 10.7. The molecule has 0 saturated carbocycles. The predicted octanol–water partition coefficient (Wildman–Crippen LogP) is 2.73. The Labute approximate surface area is 74.2 Å². The molecule has 0 aromatic carbocycles. The van der Waals surface area contributed by atoms with Gasteiger partial charge in [-0.15, -0.1) is 0 Å². The van der Waals surface area contributed by atoms with E-state index in [1.54, 1.807) is 23.0 Å². The molecule has 2 nitrogen and oxygen atoms in total. The molecule has 0 amide bonds. The second-order valence-corrected chi connectivity index (χ2v) is 2.02. The first-order valence-corrected chi connectivity index (χ1v) is 4.06. The molecule has 66 valence electrons. The highest BCUT2D eigenvalue weighted by Gasteiger charge is 1.98. The zero-order valence-electron chi connectivity index (χ0n) is 8.04. The Balaban J connectivity index is 0.000000561. The lowest BCUT2D eigenvalue weighted by atomic mass is 10.2. The summed E-state index contributed by atoms with van der Waals surface area (Å²) in [5.41, 5.74) is 2.03. The Morgan fingerprint density at radius 1 is 1.33 bits per heavy atom. The van der Waals surface area contributed by atoms with E-state index in [0.717, 1.165) is 11.3 Å². The molecule has 0 unspecified atom stereocenters. The van der Waals surface area contributed by atoms with Crippen LogP contribution in [0.3, 0.4) is 0 Å². The summed E-state index contributed by atoms with van der Waals surface area (Å²) in [6.45, 7) is 11.3. The SMILES string of the molecule is C=Cc1cnn(C)c1C=C.CC. The van der Waals surface area contributed by atoms with E-state index in [0.29, 0.717) is 0 Å². The number of aryl methyl sites for hydroxylation is 1. The highest BCUT2D eigenvalue weighted by molar-refractivity contribution is 5.59. The quantitative estimate of drug-likeness (QED) is 0.657. The lowest BCUT2D eigenvalue weighted by Crippen LogP contribution is -1.92. The maximum atomic E-state index is 4.03. The molecule has 1 heterocycles. The molecule has 12 heavy (non-hydrogen) atoms. The second-order valence-electron chi connectivity index (χ2n) is 2.02. The molecule has 0 fully saturated rings. The lowest BCUT2D eigenvalue weighted by molar-refractivity contribution is 0.759. The number of aromatic nitrogens is 2. The van der Waals surface area contributed by atoms with Crippen molar-refractivity contribution in [1.29, 1.82) is 0 Å². The molecule has 0 spiro atoms. The highest BCUT2D eigenvalue weighted by atomic mass is 15.3. The fourth-order valence-electron chi connectivity index (χ4n) is 0.871. The Kier molecular flexibility index (Phi) is 4.77. The first-order valence-electron chi connectivity index (χ1n) is 4.06. The van der Waals surface area contributed by atoms with E-state index in [2.05, 4.69) is 18.3 Å². The van der Waals surface area contributed by atoms with Crippen molar-refractivity contribution in [1.82, 2.24) is 9.78 Å². The van der Waals surface area contributed by atoms with Crippen molar-refractivity contribution in [2.24, 2.45) is 7.05 Å². The molecule has 1 aromatic heterocycles. The van der Waals surface area contributed by atoms with Gasteiger partial charge in [-0.3, -0.25) is 4.68 Å². The van der Waals surface area contributed by atoms with Crippen LogP contribution in [0.5, 0.6) is 0 Å². The molecule has 0 bridgehead atoms. The van der Waals surface area contributed by atoms with E-state index in [1.165, 1.54) is 0 Å². The van der Waals surface area contributed by atoms with Crippen molar-refractivity contribution in [3.8, 4) is 0 Å². The minimum atomic E-state index is 1.01. The average Bonchev–Trinajstić information content (AvgIpc) is 2.49. The minimum absolute atomic E-state index is 1.01. The maximum absolute atomic E-state index is 4.03. The normalized spacial score (nSPS) is 8.25. The first-order chi connectivity index (χ1) is 5.79. The van der Waals surface area contributed by atoms with E-state index in [4.69, 9.17) is 0 Å². The summed E-state index contributed by atoms with van der Waals surface area (Å²) in [7, 11) is 1.88. The van der Waals surface area contributed by atoms with Crippen molar-refractivity contribution < 1.29 is 0 Å². The Hall–Kier alpha value is -1.31. The third-order valence-corrected chi connectivity index (χ3v) is 1.43. The highest BCUT2D eigenvalue weighted by Crippen LogP contribution is 2.08. The van der Waals surface area contributed by atoms with E-state index in [1.807, 2.05) is 20.9 Å². The van der Waals surface area contributed by atoms with Crippen LogP contribution in [-0.2, 0) is 7.05 Å². The summed E-state index contributed by atoms with van der Waals surface area (Å²) in [6, 6.07) is 0. The van der Waals surface area contributed by atoms with Gasteiger partial charge in [-0.1, -0.05) is 33.1 Å². The Morgan fingerprint density at radius 3 is 2.25 bits per heavy atom. The van der Waals surface area contributed by atoms with Gasteiger partial charge in [-0.2, -0.15) is 5.10 Å². The smallest absolute Gasteiger partial charge is 0.0672 e. The molecule has 0 aliphatic rings. The third kappa shape index (κ3) is 2.09. The number of hydrogen-bond acceptors (Lipinski definition) is 1. The van der Waals surface area contributed by atoms with Gasteiger partial charge in [-0.05, 0) is 6.08 Å². The van der Waals surface area contributed by atoms with Crippen LogP contribution in [0.4, 0.5) is 0 Å². The molecular formula is C10H16N2. The Morgan fingerprint density at radius 2 is 1.92 bits per heavy atom. The molecular weight excluding hydrogens is 148 g/mol. The monoisotopic (exact) mass is 164 g/mol. The molecule has 0 N–H and O–H groups in total. The van der Waals surface area contributed by atoms with Crippen LogP contribution >= 0.6 is 0 Å². The summed E-state index contributed by atoms with van der Waals surface area (Å²) in [6.07, 6.45) is 5.30. The maximum Gasteiger partial charge on any atom is 0.0672 e. The summed E-state index contributed by atoms with van der Waals surface area (Å²) in [5, 5.41) is 4.03. The number of hydrogen-bond donors (Lipinski definition) is 0. The summed E-state index contributed by atoms with van der Waals surface area (Å²) >= 11 is 0. The Bertz CT molecular complexity index is 259. The van der Waals surface area contributed by atoms with Gasteiger partial charge >= 0.3 is 0 Å². The topological polar surface area (TPSA) is 17.8 Å². The van der Waals surface area contributed by atoms with Gasteiger partial charge in [0.25, 0.3) is 0 Å². The fourth-order valence-corrected chi connectivity index (χ4v) is 0.871. The van der Waals surface area contributed by atoms with E-state index >= 15 is 0 Å². The standard InChI is InChI=1S/C8H10N2.C2H6/c1-4-7-6-9-10(3)8(7)5-2;1-2/h4-6H,1-2H2,3H3;1-2H3. The summed E-state index contributed by atoms with van der Waals surface area (Å²) < 4.78 is 1.77. The zero-order chi connectivity index (χ0) is 9.56. The molecule has 0 atom stereocenters. The van der Waals surface area contributed by atoms with Crippen LogP contribution in [0.15, 0.2) is 19.4 Å². The fraction of sp³-hybridized carbons (Fsp3) is 0.300. The number of rotatable bonds is 2. The van der Waals surface area contributed by atoms with Crippen molar-refractivity contribution in [2.45, 2.75) is 13.8 Å². The van der Waals surface area contributed by atoms with E-state index in [-0.39, 0.29) is 0 Å². The van der Waals surface area contributed by atoms with Crippen molar-refractivity contribution in [3.05, 3.63) is 30.6 Å². The molecule has 0 aliphatic carbocycles. The van der Waals surface area contributed by atoms with Gasteiger partial charge in [0.15, 0.2) is 0 Å². The molecule has 0 aliphatic heterocycles. The van der Waals surface area contributed by atoms with Crippen LogP contribution in [0.25, 0.3) is 12.2 Å². The van der Waals surface area contributed by atoms with E-state index < -0.39 is 0 Å². The van der Waals surface area contributed by atoms with Gasteiger partial charge < -0.3 is 0 Å². The van der Waals surface area contributed by atoms with Crippen molar-refractivity contribution >= 4 is 12.2 Å². The van der Waals surface area contributed by atoms with Gasteiger partial charge in [0.2, 0.25) is 0 Å². The van der Waals surface area contributed by atoms with Crippen LogP contribution in [-0.4, -0.2) is 9.78 Å². The summed E-state index contributed by atoms with van der Waals surface area (Å²) in [5.74, 6) is 0. The molecule has 1 aromatic rings. The van der Waals surface area contributed by atoms with Crippen molar-refractivity contribution in [3.63, 3.8) is 0 Å².